The van der Waals surface area contributed by atoms with Gasteiger partial charge in [0.05, 0.1) is 18.1 Å². The van der Waals surface area contributed by atoms with Crippen LogP contribution < -0.4 is 4.74 Å². The monoisotopic (exact) mass is 220 g/mol. The van der Waals surface area contributed by atoms with Crippen molar-refractivity contribution < 1.29 is 22.7 Å². The van der Waals surface area contributed by atoms with Crippen molar-refractivity contribution in [2.24, 2.45) is 0 Å². The average Bonchev–Trinajstić information content (AvgIpc) is 2.16. The van der Waals surface area contributed by atoms with Crippen LogP contribution in [0.25, 0.3) is 0 Å². The molecule has 0 spiro atoms. The Labute approximate surface area is 83.1 Å². The van der Waals surface area contributed by atoms with Crippen LogP contribution in [-0.4, -0.2) is 29.0 Å². The Balaban J connectivity index is 2.53. The van der Waals surface area contributed by atoms with Crippen molar-refractivity contribution in [1.82, 2.24) is 9.97 Å². The molecule has 1 aromatic rings. The number of hydrogen-bond acceptors (Lipinski definition) is 4. The minimum Gasteiger partial charge on any atom is -0.467 e. The molecule has 15 heavy (non-hydrogen) atoms. The molecule has 0 aliphatic heterocycles. The third-order valence-electron chi connectivity index (χ3n) is 1.36. The van der Waals surface area contributed by atoms with Gasteiger partial charge in [0.25, 0.3) is 0 Å². The molecule has 0 saturated heterocycles. The van der Waals surface area contributed by atoms with Gasteiger partial charge in [0, 0.05) is 6.42 Å². The molecule has 0 aliphatic rings. The molecule has 0 aliphatic carbocycles. The molecule has 0 bridgehead atoms. The third-order valence-corrected chi connectivity index (χ3v) is 1.36. The van der Waals surface area contributed by atoms with Gasteiger partial charge in [0.15, 0.2) is 6.61 Å². The first-order valence-corrected chi connectivity index (χ1v) is 3.95. The molecule has 0 aromatic carbocycles. The second-order valence-electron chi connectivity index (χ2n) is 2.62. The van der Waals surface area contributed by atoms with Crippen molar-refractivity contribution in [3.8, 4) is 5.88 Å². The number of halogens is 3. The summed E-state index contributed by atoms with van der Waals surface area (Å²) in [6, 6.07) is 0. The van der Waals surface area contributed by atoms with Gasteiger partial charge in [-0.2, -0.15) is 13.2 Å². The molecule has 1 heterocycles. The number of aromatic nitrogens is 2. The van der Waals surface area contributed by atoms with E-state index in [1.54, 1.807) is 0 Å². The first-order valence-electron chi connectivity index (χ1n) is 3.95. The first-order chi connectivity index (χ1) is 7.01. The second-order valence-corrected chi connectivity index (χ2v) is 2.62. The van der Waals surface area contributed by atoms with E-state index in [-0.39, 0.29) is 12.3 Å². The minimum absolute atomic E-state index is 0.0759. The van der Waals surface area contributed by atoms with E-state index in [4.69, 9.17) is 0 Å². The standard InChI is InChI=1S/C8H7F3N2O2/c9-8(10,11)5-15-7-4-12-6(1-2-14)3-13-7/h2-4H,1,5H2. The number of hydrogen-bond donors (Lipinski definition) is 0. The van der Waals surface area contributed by atoms with Crippen molar-refractivity contribution in [2.45, 2.75) is 12.6 Å². The molecular formula is C8H7F3N2O2. The van der Waals surface area contributed by atoms with Crippen LogP contribution in [0.2, 0.25) is 0 Å². The SMILES string of the molecule is O=CCc1cnc(OCC(F)(F)F)cn1. The summed E-state index contributed by atoms with van der Waals surface area (Å²) < 4.78 is 39.5. The molecule has 1 aromatic heterocycles. The van der Waals surface area contributed by atoms with Crippen molar-refractivity contribution in [3.63, 3.8) is 0 Å². The Hall–Kier alpha value is -1.66. The highest BCUT2D eigenvalue weighted by molar-refractivity contribution is 5.53. The van der Waals surface area contributed by atoms with E-state index in [1.807, 2.05) is 0 Å². The summed E-state index contributed by atoms with van der Waals surface area (Å²) in [6.45, 7) is -1.41. The second kappa shape index (κ2) is 4.72. The highest BCUT2D eigenvalue weighted by atomic mass is 19.4. The van der Waals surface area contributed by atoms with Crippen LogP contribution in [0.1, 0.15) is 5.69 Å². The van der Waals surface area contributed by atoms with Crippen molar-refractivity contribution >= 4 is 6.29 Å². The molecule has 0 atom stereocenters. The average molecular weight is 220 g/mol. The lowest BCUT2D eigenvalue weighted by Crippen LogP contribution is -2.19. The lowest BCUT2D eigenvalue weighted by atomic mass is 10.3. The van der Waals surface area contributed by atoms with Gasteiger partial charge >= 0.3 is 6.18 Å². The maximum atomic E-state index is 11.7. The van der Waals surface area contributed by atoms with E-state index in [9.17, 15) is 18.0 Å². The first kappa shape index (κ1) is 11.4. The number of carbonyl (C=O) groups is 1. The summed E-state index contributed by atoms with van der Waals surface area (Å²) >= 11 is 0. The number of ether oxygens (including phenoxy) is 1. The Morgan fingerprint density at radius 1 is 1.33 bits per heavy atom. The molecular weight excluding hydrogens is 213 g/mol. The summed E-state index contributed by atoms with van der Waals surface area (Å²) in [6.07, 6.45) is -1.46. The zero-order valence-corrected chi connectivity index (χ0v) is 7.49. The molecule has 0 N–H and O–H groups in total. The highest BCUT2D eigenvalue weighted by Crippen LogP contribution is 2.16. The Kier molecular flexibility index (Phi) is 3.59. The highest BCUT2D eigenvalue weighted by Gasteiger charge is 2.28. The summed E-state index contributed by atoms with van der Waals surface area (Å²) in [5, 5.41) is 0. The smallest absolute Gasteiger partial charge is 0.422 e. The number of alkyl halides is 3. The van der Waals surface area contributed by atoms with Gasteiger partial charge in [-0.1, -0.05) is 0 Å². The lowest BCUT2D eigenvalue weighted by Gasteiger charge is -2.07. The Morgan fingerprint density at radius 2 is 2.07 bits per heavy atom. The Bertz CT molecular complexity index is 324. The summed E-state index contributed by atoms with van der Waals surface area (Å²) in [7, 11) is 0. The third kappa shape index (κ3) is 4.39. The van der Waals surface area contributed by atoms with Gasteiger partial charge in [-0.3, -0.25) is 4.98 Å². The van der Waals surface area contributed by atoms with E-state index in [0.29, 0.717) is 12.0 Å². The largest absolute Gasteiger partial charge is 0.467 e. The number of rotatable bonds is 4. The van der Waals surface area contributed by atoms with Crippen LogP contribution >= 0.6 is 0 Å². The maximum Gasteiger partial charge on any atom is 0.422 e. The van der Waals surface area contributed by atoms with Crippen LogP contribution in [0.3, 0.4) is 0 Å². The van der Waals surface area contributed by atoms with Crippen LogP contribution in [0, 0.1) is 0 Å². The minimum atomic E-state index is -4.40. The van der Waals surface area contributed by atoms with Gasteiger partial charge in [0.2, 0.25) is 5.88 Å². The zero-order chi connectivity index (χ0) is 11.3. The maximum absolute atomic E-state index is 11.7. The Morgan fingerprint density at radius 3 is 2.53 bits per heavy atom. The van der Waals surface area contributed by atoms with Crippen molar-refractivity contribution in [1.29, 1.82) is 0 Å². The van der Waals surface area contributed by atoms with Crippen molar-refractivity contribution in [3.05, 3.63) is 18.1 Å². The van der Waals surface area contributed by atoms with E-state index < -0.39 is 12.8 Å². The van der Waals surface area contributed by atoms with Crippen LogP contribution in [0.4, 0.5) is 13.2 Å². The summed E-state index contributed by atoms with van der Waals surface area (Å²) in [4.78, 5) is 17.3. The molecule has 82 valence electrons. The normalized spacial score (nSPS) is 11.1. The predicted molar refractivity (Wildman–Crippen MR) is 43.4 cm³/mol. The van der Waals surface area contributed by atoms with Gasteiger partial charge in [-0.05, 0) is 0 Å². The van der Waals surface area contributed by atoms with E-state index >= 15 is 0 Å². The molecule has 1 rings (SSSR count). The van der Waals surface area contributed by atoms with Gasteiger partial charge in [-0.25, -0.2) is 4.98 Å². The van der Waals surface area contributed by atoms with Crippen LogP contribution in [0.5, 0.6) is 5.88 Å². The van der Waals surface area contributed by atoms with Gasteiger partial charge in [0.1, 0.15) is 6.29 Å². The predicted octanol–water partition coefficient (Wildman–Crippen LogP) is 1.16. The van der Waals surface area contributed by atoms with Crippen LogP contribution in [0.15, 0.2) is 12.4 Å². The molecule has 0 fully saturated rings. The topological polar surface area (TPSA) is 52.1 Å². The molecule has 0 saturated carbocycles. The van der Waals surface area contributed by atoms with Crippen molar-refractivity contribution in [2.75, 3.05) is 6.61 Å². The van der Waals surface area contributed by atoms with Gasteiger partial charge < -0.3 is 9.53 Å². The fraction of sp³-hybridized carbons (Fsp3) is 0.375. The van der Waals surface area contributed by atoms with Gasteiger partial charge in [-0.15, -0.1) is 0 Å². The molecule has 0 radical (unpaired) electrons. The molecule has 0 unspecified atom stereocenters. The zero-order valence-electron chi connectivity index (χ0n) is 7.49. The molecule has 0 amide bonds. The number of aldehydes is 1. The fourth-order valence-corrected chi connectivity index (χ4v) is 0.764. The number of nitrogens with zero attached hydrogens (tertiary/aromatic N) is 2. The van der Waals surface area contributed by atoms with Crippen LogP contribution in [-0.2, 0) is 11.2 Å². The van der Waals surface area contributed by atoms with E-state index in [1.165, 1.54) is 6.20 Å². The summed E-state index contributed by atoms with van der Waals surface area (Å²) in [5.41, 5.74) is 0.379. The summed E-state index contributed by atoms with van der Waals surface area (Å²) in [5.74, 6) is -0.220. The van der Waals surface area contributed by atoms with E-state index in [2.05, 4.69) is 14.7 Å². The lowest BCUT2D eigenvalue weighted by molar-refractivity contribution is -0.154. The van der Waals surface area contributed by atoms with E-state index in [0.717, 1.165) is 6.20 Å². The fourth-order valence-electron chi connectivity index (χ4n) is 0.764. The molecule has 7 heteroatoms. The quantitative estimate of drug-likeness (QED) is 0.714. The molecule has 4 nitrogen and oxygen atoms in total. The number of carbonyl (C=O) groups excluding carboxylic acids is 1.